The van der Waals surface area contributed by atoms with Gasteiger partial charge in [0.25, 0.3) is 0 Å². The van der Waals surface area contributed by atoms with E-state index >= 15 is 0 Å². The van der Waals surface area contributed by atoms with Gasteiger partial charge in [-0.1, -0.05) is 36.4 Å². The number of carbonyl (C=O) groups excluding carboxylic acids is 1. The summed E-state index contributed by atoms with van der Waals surface area (Å²) in [6.07, 6.45) is 6.11. The van der Waals surface area contributed by atoms with E-state index in [9.17, 15) is 20.1 Å². The van der Waals surface area contributed by atoms with Crippen LogP contribution in [-0.2, 0) is 4.79 Å². The Bertz CT molecular complexity index is 694. The van der Waals surface area contributed by atoms with E-state index < -0.39 is 24.4 Å². The minimum atomic E-state index is -1.35. The number of benzene rings is 1. The molecule has 0 saturated heterocycles. The molecular formula is C21H26O6. The molecule has 4 N–H and O–H groups in total. The van der Waals surface area contributed by atoms with E-state index in [0.717, 1.165) is 12.2 Å². The van der Waals surface area contributed by atoms with Crippen molar-refractivity contribution in [3.05, 3.63) is 66.3 Å². The average Bonchev–Trinajstić information content (AvgIpc) is 2.96. The number of hydrogen-bond acceptors (Lipinski definition) is 6. The second kappa shape index (κ2) is 10.2. The molecule has 0 heterocycles. The predicted octanol–water partition coefficient (Wildman–Crippen LogP) is 1.30. The molecule has 0 saturated carbocycles. The number of hydrogen-bond donors (Lipinski definition) is 4. The monoisotopic (exact) mass is 374 g/mol. The van der Waals surface area contributed by atoms with Gasteiger partial charge in [0, 0.05) is 5.57 Å². The first-order chi connectivity index (χ1) is 13.0. The fourth-order valence-corrected chi connectivity index (χ4v) is 2.76. The van der Waals surface area contributed by atoms with Crippen LogP contribution in [0.1, 0.15) is 19.3 Å². The van der Waals surface area contributed by atoms with E-state index in [2.05, 4.69) is 0 Å². The minimum absolute atomic E-state index is 0.216. The van der Waals surface area contributed by atoms with Gasteiger partial charge in [-0.05, 0) is 43.5 Å². The number of unbranched alkanes of at least 4 members (excludes halogenated alkanes) is 1. The van der Waals surface area contributed by atoms with Crippen molar-refractivity contribution in [2.75, 3.05) is 13.2 Å². The molecular weight excluding hydrogens is 348 g/mol. The Morgan fingerprint density at radius 1 is 1.15 bits per heavy atom. The molecule has 1 aliphatic rings. The second-order valence-corrected chi connectivity index (χ2v) is 6.45. The lowest BCUT2D eigenvalue weighted by Gasteiger charge is -2.22. The summed E-state index contributed by atoms with van der Waals surface area (Å²) in [5.74, 6) is 0.501. The number of para-hydroxylation sites is 1. The van der Waals surface area contributed by atoms with Gasteiger partial charge in [-0.15, -0.1) is 0 Å². The van der Waals surface area contributed by atoms with Crippen molar-refractivity contribution in [3.63, 3.8) is 0 Å². The van der Waals surface area contributed by atoms with Crippen LogP contribution < -0.4 is 4.74 Å². The van der Waals surface area contributed by atoms with E-state index in [0.29, 0.717) is 19.4 Å². The highest BCUT2D eigenvalue weighted by Crippen LogP contribution is 2.31. The van der Waals surface area contributed by atoms with Crippen LogP contribution in [0.5, 0.6) is 5.75 Å². The molecule has 0 spiro atoms. The van der Waals surface area contributed by atoms with Gasteiger partial charge in [0.2, 0.25) is 0 Å². The van der Waals surface area contributed by atoms with Gasteiger partial charge in [0.05, 0.1) is 13.2 Å². The Morgan fingerprint density at radius 2 is 1.89 bits per heavy atom. The molecule has 0 radical (unpaired) electrons. The third kappa shape index (κ3) is 6.15. The molecule has 146 valence electrons. The molecule has 27 heavy (non-hydrogen) atoms. The molecule has 3 atom stereocenters. The van der Waals surface area contributed by atoms with Gasteiger partial charge in [-0.25, -0.2) is 0 Å². The smallest absolute Gasteiger partial charge is 0.184 e. The summed E-state index contributed by atoms with van der Waals surface area (Å²) >= 11 is 0. The minimum Gasteiger partial charge on any atom is -0.494 e. The Morgan fingerprint density at radius 3 is 2.59 bits per heavy atom. The quantitative estimate of drug-likeness (QED) is 0.363. The van der Waals surface area contributed by atoms with E-state index in [4.69, 9.17) is 9.84 Å². The standard InChI is InChI=1S/C21H26O6/c22-15-20(25)19(24)10-6-9-17-18(23)11-13-21(17,26)12-4-5-14-27-16-7-2-1-3-8-16/h1-3,6-11,13,19-20,22,24-26H,4-5,12,14-15H2/b10-6+,17-9+. The number of ether oxygens (including phenoxy) is 1. The fraction of sp³-hybridized carbons (Fsp3) is 0.381. The lowest BCUT2D eigenvalue weighted by atomic mass is 9.90. The average molecular weight is 374 g/mol. The molecule has 2 rings (SSSR count). The van der Waals surface area contributed by atoms with Crippen LogP contribution in [0.15, 0.2) is 66.3 Å². The third-order valence-corrected chi connectivity index (χ3v) is 4.36. The third-order valence-electron chi connectivity index (χ3n) is 4.36. The molecule has 0 aromatic heterocycles. The number of aliphatic hydroxyl groups is 4. The van der Waals surface area contributed by atoms with Gasteiger partial charge in [0.1, 0.15) is 23.6 Å². The van der Waals surface area contributed by atoms with Crippen LogP contribution in [0.3, 0.4) is 0 Å². The summed E-state index contributed by atoms with van der Waals surface area (Å²) in [7, 11) is 0. The van der Waals surface area contributed by atoms with Gasteiger partial charge < -0.3 is 25.2 Å². The zero-order chi connectivity index (χ0) is 19.7. The Labute approximate surface area is 158 Å². The highest BCUT2D eigenvalue weighted by atomic mass is 16.5. The van der Waals surface area contributed by atoms with Crippen molar-refractivity contribution in [3.8, 4) is 5.75 Å². The lowest BCUT2D eigenvalue weighted by molar-refractivity contribution is -0.112. The molecule has 1 aromatic rings. The van der Waals surface area contributed by atoms with Crippen LogP contribution in [0, 0.1) is 0 Å². The first-order valence-electron chi connectivity index (χ1n) is 8.96. The molecule has 1 aliphatic carbocycles. The van der Waals surface area contributed by atoms with Crippen LogP contribution >= 0.6 is 0 Å². The normalized spacial score (nSPS) is 23.3. The van der Waals surface area contributed by atoms with Crippen LogP contribution in [-0.4, -0.2) is 57.2 Å². The van der Waals surface area contributed by atoms with Gasteiger partial charge in [-0.3, -0.25) is 4.79 Å². The number of aliphatic hydroxyl groups excluding tert-OH is 3. The first kappa shape index (κ1) is 21.1. The van der Waals surface area contributed by atoms with Crippen molar-refractivity contribution in [1.82, 2.24) is 0 Å². The van der Waals surface area contributed by atoms with E-state index in [1.807, 2.05) is 30.3 Å². The van der Waals surface area contributed by atoms with Gasteiger partial charge in [-0.2, -0.15) is 0 Å². The largest absolute Gasteiger partial charge is 0.494 e. The van der Waals surface area contributed by atoms with Crippen molar-refractivity contribution in [2.24, 2.45) is 0 Å². The molecule has 0 fully saturated rings. The molecule has 6 nitrogen and oxygen atoms in total. The number of rotatable bonds is 10. The topological polar surface area (TPSA) is 107 Å². The van der Waals surface area contributed by atoms with Crippen molar-refractivity contribution < 1.29 is 30.0 Å². The van der Waals surface area contributed by atoms with Gasteiger partial charge in [0.15, 0.2) is 5.78 Å². The summed E-state index contributed by atoms with van der Waals surface area (Å²) in [6.45, 7) is -0.0561. The van der Waals surface area contributed by atoms with E-state index in [-0.39, 0.29) is 11.4 Å². The maximum absolute atomic E-state index is 12.0. The van der Waals surface area contributed by atoms with Crippen molar-refractivity contribution >= 4 is 5.78 Å². The second-order valence-electron chi connectivity index (χ2n) is 6.45. The lowest BCUT2D eigenvalue weighted by Crippen LogP contribution is -2.28. The van der Waals surface area contributed by atoms with Crippen LogP contribution in [0.25, 0.3) is 0 Å². The Kier molecular flexibility index (Phi) is 7.94. The maximum atomic E-state index is 12.0. The van der Waals surface area contributed by atoms with Gasteiger partial charge >= 0.3 is 0 Å². The number of ketones is 1. The highest BCUT2D eigenvalue weighted by molar-refractivity contribution is 6.09. The summed E-state index contributed by atoms with van der Waals surface area (Å²) in [5, 5.41) is 38.4. The number of carbonyl (C=O) groups is 1. The van der Waals surface area contributed by atoms with Crippen molar-refractivity contribution in [2.45, 2.75) is 37.1 Å². The zero-order valence-corrected chi connectivity index (χ0v) is 15.1. The predicted molar refractivity (Wildman–Crippen MR) is 101 cm³/mol. The SMILES string of the molecule is O=C1C=CC(O)(CCCCOc2ccccc2)/C1=C/C=C/C(O)C(O)CO. The van der Waals surface area contributed by atoms with E-state index in [1.54, 1.807) is 0 Å². The molecule has 0 bridgehead atoms. The molecule has 0 aliphatic heterocycles. The Hall–Kier alpha value is -2.25. The van der Waals surface area contributed by atoms with E-state index in [1.165, 1.54) is 30.4 Å². The maximum Gasteiger partial charge on any atom is 0.184 e. The fourth-order valence-electron chi connectivity index (χ4n) is 2.76. The summed E-state index contributed by atoms with van der Waals surface area (Å²) in [4.78, 5) is 12.0. The van der Waals surface area contributed by atoms with Crippen LogP contribution in [0.2, 0.25) is 0 Å². The van der Waals surface area contributed by atoms with Crippen molar-refractivity contribution in [1.29, 1.82) is 0 Å². The highest BCUT2D eigenvalue weighted by Gasteiger charge is 2.36. The number of allylic oxidation sites excluding steroid dienone is 3. The van der Waals surface area contributed by atoms with Crippen LogP contribution in [0.4, 0.5) is 0 Å². The first-order valence-corrected chi connectivity index (χ1v) is 8.96. The zero-order valence-electron chi connectivity index (χ0n) is 15.1. The molecule has 0 amide bonds. The molecule has 3 unspecified atom stereocenters. The molecule has 1 aromatic carbocycles. The Balaban J connectivity index is 1.86. The summed E-state index contributed by atoms with van der Waals surface area (Å²) in [5.41, 5.74) is -1.14. The molecule has 6 heteroatoms. The summed E-state index contributed by atoms with van der Waals surface area (Å²) < 4.78 is 5.61. The summed E-state index contributed by atoms with van der Waals surface area (Å²) in [6, 6.07) is 9.46.